The van der Waals surface area contributed by atoms with Crippen LogP contribution in [0.2, 0.25) is 0 Å². The lowest BCUT2D eigenvalue weighted by Gasteiger charge is -2.27. The average molecular weight is 471 g/mol. The predicted molar refractivity (Wildman–Crippen MR) is 112 cm³/mol. The van der Waals surface area contributed by atoms with Crippen molar-refractivity contribution in [2.45, 2.75) is 25.4 Å². The lowest BCUT2D eigenvalue weighted by molar-refractivity contribution is -0.136. The van der Waals surface area contributed by atoms with Gasteiger partial charge in [0.15, 0.2) is 5.69 Å². The summed E-state index contributed by atoms with van der Waals surface area (Å²) in [5.41, 5.74) is 2.23. The van der Waals surface area contributed by atoms with Crippen LogP contribution in [0.1, 0.15) is 44.0 Å². The number of rotatable bonds is 9. The van der Waals surface area contributed by atoms with Crippen molar-refractivity contribution in [3.05, 3.63) is 41.2 Å². The number of fused-ring (bicyclic) bond motifs is 1. The van der Waals surface area contributed by atoms with Crippen molar-refractivity contribution in [3.8, 4) is 0 Å². The Bertz CT molecular complexity index is 1160. The second kappa shape index (κ2) is 9.76. The van der Waals surface area contributed by atoms with E-state index in [0.29, 0.717) is 18.8 Å². The van der Waals surface area contributed by atoms with E-state index in [2.05, 4.69) is 20.9 Å². The van der Waals surface area contributed by atoms with Gasteiger partial charge in [-0.05, 0) is 18.6 Å². The minimum absolute atomic E-state index is 0.0346. The van der Waals surface area contributed by atoms with Crippen LogP contribution in [0.25, 0.3) is 0 Å². The molecule has 4 rings (SSSR count). The van der Waals surface area contributed by atoms with Crippen LogP contribution < -0.4 is 16.1 Å². The molecule has 4 N–H and O–H groups in total. The second-order valence-electron chi connectivity index (χ2n) is 7.52. The number of nitrogens with zero attached hydrogens (tertiary/aromatic N) is 4. The molecule has 14 heteroatoms. The summed E-state index contributed by atoms with van der Waals surface area (Å²) in [6, 6.07) is 3.78. The van der Waals surface area contributed by atoms with Gasteiger partial charge in [-0.15, -0.1) is 5.10 Å². The quantitative estimate of drug-likeness (QED) is 0.152. The lowest BCUT2D eigenvalue weighted by atomic mass is 10.0. The number of aromatic nitrogens is 3. The smallest absolute Gasteiger partial charge is 0.296 e. The lowest BCUT2D eigenvalue weighted by Crippen LogP contribution is -2.54. The predicted octanol–water partition coefficient (Wildman–Crippen LogP) is -1.07. The van der Waals surface area contributed by atoms with Crippen molar-refractivity contribution in [3.63, 3.8) is 0 Å². The van der Waals surface area contributed by atoms with Crippen LogP contribution >= 0.6 is 0 Å². The van der Waals surface area contributed by atoms with E-state index < -0.39 is 35.6 Å². The molecule has 1 fully saturated rings. The van der Waals surface area contributed by atoms with Gasteiger partial charge in [-0.1, -0.05) is 11.3 Å². The maximum Gasteiger partial charge on any atom is 0.296 e. The minimum atomic E-state index is -1.03. The molecule has 0 aliphatic carbocycles. The summed E-state index contributed by atoms with van der Waals surface area (Å²) in [4.78, 5) is 61.6. The fourth-order valence-electron chi connectivity index (χ4n) is 3.75. The van der Waals surface area contributed by atoms with Crippen molar-refractivity contribution in [2.24, 2.45) is 0 Å². The average Bonchev–Trinajstić information content (AvgIpc) is 3.39. The topological polar surface area (TPSA) is 185 Å². The first-order chi connectivity index (χ1) is 16.4. The summed E-state index contributed by atoms with van der Waals surface area (Å²) < 4.78 is 6.90. The SMILES string of the molecule is O=C1CCC(N2C(=O)c3cccc(NCCOCCn4cc(C(=O)NO)nn4)c3C2=O)C(=O)N1. The van der Waals surface area contributed by atoms with Crippen LogP contribution in [0.5, 0.6) is 0 Å². The van der Waals surface area contributed by atoms with E-state index in [1.807, 2.05) is 0 Å². The number of benzene rings is 1. The Kier molecular flexibility index (Phi) is 6.60. The number of carbonyl (C=O) groups is 5. The summed E-state index contributed by atoms with van der Waals surface area (Å²) in [7, 11) is 0. The third kappa shape index (κ3) is 4.49. The van der Waals surface area contributed by atoms with Gasteiger partial charge in [0.25, 0.3) is 17.7 Å². The molecule has 1 unspecified atom stereocenters. The third-order valence-corrected chi connectivity index (χ3v) is 5.37. The molecule has 34 heavy (non-hydrogen) atoms. The number of hydrogen-bond donors (Lipinski definition) is 4. The molecule has 2 aliphatic heterocycles. The number of nitrogens with one attached hydrogen (secondary N) is 3. The van der Waals surface area contributed by atoms with Gasteiger partial charge < -0.3 is 10.1 Å². The van der Waals surface area contributed by atoms with Crippen LogP contribution in [-0.4, -0.2) is 80.4 Å². The highest BCUT2D eigenvalue weighted by Gasteiger charge is 2.45. The van der Waals surface area contributed by atoms with Gasteiger partial charge in [0.2, 0.25) is 11.8 Å². The molecule has 3 heterocycles. The molecule has 1 saturated heterocycles. The first-order valence-electron chi connectivity index (χ1n) is 10.4. The fourth-order valence-corrected chi connectivity index (χ4v) is 3.75. The standard InChI is InChI=1S/C20H21N7O7/c28-15-5-4-14(18(30)22-15)27-19(31)11-2-1-3-12(16(11)20(27)32)21-6-8-34-9-7-26-10-13(23-25-26)17(29)24-33/h1-3,10,14,21,33H,4-9H2,(H,24,29)(H,22,28,30). The van der Waals surface area contributed by atoms with E-state index in [-0.39, 0.29) is 42.9 Å². The number of anilines is 1. The maximum absolute atomic E-state index is 13.0. The van der Waals surface area contributed by atoms with Gasteiger partial charge in [-0.3, -0.25) is 39.4 Å². The summed E-state index contributed by atoms with van der Waals surface area (Å²) in [5.74, 6) is -3.02. The van der Waals surface area contributed by atoms with Crippen molar-refractivity contribution in [1.82, 2.24) is 30.7 Å². The Morgan fingerprint density at radius 1 is 1.21 bits per heavy atom. The number of piperidine rings is 1. The number of ether oxygens (including phenoxy) is 1. The van der Waals surface area contributed by atoms with Gasteiger partial charge in [0, 0.05) is 18.7 Å². The summed E-state index contributed by atoms with van der Waals surface area (Å²) in [6.45, 7) is 1.17. The Morgan fingerprint density at radius 3 is 2.79 bits per heavy atom. The number of carbonyl (C=O) groups excluding carboxylic acids is 5. The van der Waals surface area contributed by atoms with E-state index in [1.165, 1.54) is 22.4 Å². The first-order valence-corrected chi connectivity index (χ1v) is 10.4. The molecule has 2 aromatic rings. The number of hydroxylamine groups is 1. The largest absolute Gasteiger partial charge is 0.382 e. The van der Waals surface area contributed by atoms with Crippen LogP contribution in [0.3, 0.4) is 0 Å². The number of amides is 5. The molecule has 0 spiro atoms. The van der Waals surface area contributed by atoms with Crippen molar-refractivity contribution in [1.29, 1.82) is 0 Å². The van der Waals surface area contributed by atoms with E-state index >= 15 is 0 Å². The van der Waals surface area contributed by atoms with Crippen LogP contribution in [0, 0.1) is 0 Å². The molecule has 178 valence electrons. The van der Waals surface area contributed by atoms with Gasteiger partial charge in [-0.2, -0.15) is 0 Å². The van der Waals surface area contributed by atoms with Crippen LogP contribution in [-0.2, 0) is 20.9 Å². The molecule has 0 bridgehead atoms. The van der Waals surface area contributed by atoms with Crippen molar-refractivity contribution >= 4 is 35.2 Å². The molecule has 1 atom stereocenters. The third-order valence-electron chi connectivity index (χ3n) is 5.37. The molecule has 2 aliphatic rings. The van der Waals surface area contributed by atoms with E-state index in [4.69, 9.17) is 9.94 Å². The van der Waals surface area contributed by atoms with Gasteiger partial charge in [0.1, 0.15) is 6.04 Å². The molecule has 5 amide bonds. The second-order valence-corrected chi connectivity index (χ2v) is 7.52. The normalized spacial score (nSPS) is 17.6. The Morgan fingerprint density at radius 2 is 2.03 bits per heavy atom. The molecule has 0 saturated carbocycles. The highest BCUT2D eigenvalue weighted by molar-refractivity contribution is 6.25. The Hall–Kier alpha value is -4.17. The number of hydrogen-bond acceptors (Lipinski definition) is 10. The van der Waals surface area contributed by atoms with E-state index in [0.717, 1.165) is 4.90 Å². The molecular weight excluding hydrogens is 450 g/mol. The highest BCUT2D eigenvalue weighted by atomic mass is 16.5. The highest BCUT2D eigenvalue weighted by Crippen LogP contribution is 2.32. The van der Waals surface area contributed by atoms with Crippen LogP contribution in [0.4, 0.5) is 5.69 Å². The van der Waals surface area contributed by atoms with E-state index in [1.54, 1.807) is 12.1 Å². The molecule has 1 aromatic carbocycles. The van der Waals surface area contributed by atoms with Crippen LogP contribution in [0.15, 0.2) is 24.4 Å². The van der Waals surface area contributed by atoms with Crippen molar-refractivity contribution in [2.75, 3.05) is 25.1 Å². The first kappa shape index (κ1) is 23.0. The maximum atomic E-state index is 13.0. The molecular formula is C20H21N7O7. The summed E-state index contributed by atoms with van der Waals surface area (Å²) >= 11 is 0. The summed E-state index contributed by atoms with van der Waals surface area (Å²) in [6.07, 6.45) is 1.50. The zero-order chi connectivity index (χ0) is 24.2. The van der Waals surface area contributed by atoms with Gasteiger partial charge in [-0.25, -0.2) is 10.2 Å². The minimum Gasteiger partial charge on any atom is -0.382 e. The zero-order valence-corrected chi connectivity index (χ0v) is 17.8. The molecule has 0 radical (unpaired) electrons. The number of imide groups is 2. The Labute approximate surface area is 192 Å². The molecule has 14 nitrogen and oxygen atoms in total. The fraction of sp³-hybridized carbons (Fsp3) is 0.350. The van der Waals surface area contributed by atoms with Gasteiger partial charge >= 0.3 is 0 Å². The summed E-state index contributed by atoms with van der Waals surface area (Å²) in [5, 5.41) is 21.2. The van der Waals surface area contributed by atoms with E-state index in [9.17, 15) is 24.0 Å². The van der Waals surface area contributed by atoms with Gasteiger partial charge in [0.05, 0.1) is 37.1 Å². The Balaban J connectivity index is 1.31. The monoisotopic (exact) mass is 471 g/mol. The molecule has 1 aromatic heterocycles. The van der Waals surface area contributed by atoms with Crippen molar-refractivity contribution < 1.29 is 33.9 Å². The zero-order valence-electron chi connectivity index (χ0n) is 17.8.